The molecule has 0 bridgehead atoms. The first kappa shape index (κ1) is 12.9. The van der Waals surface area contributed by atoms with Crippen molar-refractivity contribution in [3.8, 4) is 11.8 Å². The first-order valence-corrected chi connectivity index (χ1v) is 5.31. The number of rotatable bonds is 3. The molecule has 0 spiro atoms. The third-order valence-electron chi connectivity index (χ3n) is 2.26. The maximum absolute atomic E-state index is 11.9. The van der Waals surface area contributed by atoms with Crippen LogP contribution < -0.4 is 16.0 Å². The summed E-state index contributed by atoms with van der Waals surface area (Å²) in [5.74, 6) is 5.35. The predicted molar refractivity (Wildman–Crippen MR) is 71.0 cm³/mol. The molecule has 3 N–H and O–H groups in total. The van der Waals surface area contributed by atoms with Crippen molar-refractivity contribution in [2.75, 3.05) is 31.3 Å². The lowest BCUT2D eigenvalue weighted by atomic mass is 10.1. The van der Waals surface area contributed by atoms with Crippen LogP contribution in [0.15, 0.2) is 18.2 Å². The van der Waals surface area contributed by atoms with E-state index in [1.807, 2.05) is 25.1 Å². The van der Waals surface area contributed by atoms with Crippen LogP contribution in [-0.4, -0.2) is 26.5 Å². The Morgan fingerprint density at radius 1 is 1.47 bits per heavy atom. The summed E-state index contributed by atoms with van der Waals surface area (Å²) < 4.78 is 0. The Labute approximate surface area is 102 Å². The van der Waals surface area contributed by atoms with Crippen LogP contribution in [0.1, 0.15) is 17.3 Å². The summed E-state index contributed by atoms with van der Waals surface area (Å²) in [7, 11) is 3.77. The first-order chi connectivity index (χ1) is 8.06. The zero-order valence-corrected chi connectivity index (χ0v) is 10.4. The van der Waals surface area contributed by atoms with Gasteiger partial charge in [0.2, 0.25) is 0 Å². The predicted octanol–water partition coefficient (Wildman–Crippen LogP) is 1.09. The molecule has 0 aliphatic carbocycles. The number of hydrogen-bond donors (Lipinski definition) is 2. The second-order valence-electron chi connectivity index (χ2n) is 3.78. The summed E-state index contributed by atoms with van der Waals surface area (Å²) in [5.41, 5.74) is 7.66. The molecular formula is C13H17N3O. The van der Waals surface area contributed by atoms with E-state index in [-0.39, 0.29) is 5.91 Å². The maximum Gasteiger partial charge on any atom is 0.254 e. The van der Waals surface area contributed by atoms with Crippen molar-refractivity contribution in [1.29, 1.82) is 0 Å². The van der Waals surface area contributed by atoms with Gasteiger partial charge in [-0.05, 0) is 25.1 Å². The van der Waals surface area contributed by atoms with E-state index in [2.05, 4.69) is 17.2 Å². The third kappa shape index (κ3) is 3.42. The van der Waals surface area contributed by atoms with E-state index in [0.29, 0.717) is 17.8 Å². The summed E-state index contributed by atoms with van der Waals surface area (Å²) in [5, 5.41) is 2.73. The molecule has 0 aromatic heterocycles. The number of anilines is 2. The summed E-state index contributed by atoms with van der Waals surface area (Å²) in [6, 6.07) is 5.28. The van der Waals surface area contributed by atoms with Crippen molar-refractivity contribution in [3.05, 3.63) is 23.8 Å². The molecule has 0 aliphatic heterocycles. The van der Waals surface area contributed by atoms with E-state index >= 15 is 0 Å². The normalized spacial score (nSPS) is 9.12. The molecule has 0 fully saturated rings. The van der Waals surface area contributed by atoms with Gasteiger partial charge < -0.3 is 16.0 Å². The van der Waals surface area contributed by atoms with Gasteiger partial charge in [-0.1, -0.05) is 5.92 Å². The minimum atomic E-state index is -0.163. The minimum Gasteiger partial charge on any atom is -0.399 e. The van der Waals surface area contributed by atoms with Crippen LogP contribution in [-0.2, 0) is 0 Å². The highest BCUT2D eigenvalue weighted by Crippen LogP contribution is 2.21. The number of nitrogens with one attached hydrogen (secondary N) is 1. The van der Waals surface area contributed by atoms with Gasteiger partial charge in [0.1, 0.15) is 0 Å². The molecular weight excluding hydrogens is 214 g/mol. The van der Waals surface area contributed by atoms with Crippen LogP contribution in [0.5, 0.6) is 0 Å². The first-order valence-electron chi connectivity index (χ1n) is 5.31. The molecule has 90 valence electrons. The number of nitrogens with zero attached hydrogens (tertiary/aromatic N) is 1. The summed E-state index contributed by atoms with van der Waals surface area (Å²) >= 11 is 0. The van der Waals surface area contributed by atoms with Gasteiger partial charge in [-0.25, -0.2) is 0 Å². The highest BCUT2D eigenvalue weighted by atomic mass is 16.1. The van der Waals surface area contributed by atoms with Gasteiger partial charge in [0.15, 0.2) is 0 Å². The smallest absolute Gasteiger partial charge is 0.254 e. The van der Waals surface area contributed by atoms with E-state index < -0.39 is 0 Å². The van der Waals surface area contributed by atoms with Gasteiger partial charge in [-0.3, -0.25) is 4.79 Å². The topological polar surface area (TPSA) is 58.4 Å². The van der Waals surface area contributed by atoms with Crippen molar-refractivity contribution < 1.29 is 4.79 Å². The Kier molecular flexibility index (Phi) is 4.41. The Bertz CT molecular complexity index is 469. The van der Waals surface area contributed by atoms with E-state index in [0.717, 1.165) is 5.69 Å². The van der Waals surface area contributed by atoms with E-state index in [1.54, 1.807) is 19.1 Å². The fourth-order valence-corrected chi connectivity index (χ4v) is 1.43. The highest BCUT2D eigenvalue weighted by molar-refractivity contribution is 6.00. The van der Waals surface area contributed by atoms with Gasteiger partial charge in [-0.15, -0.1) is 5.92 Å². The molecule has 0 aliphatic rings. The van der Waals surface area contributed by atoms with Gasteiger partial charge in [0, 0.05) is 25.5 Å². The summed E-state index contributed by atoms with van der Waals surface area (Å²) in [6.07, 6.45) is 0. The lowest BCUT2D eigenvalue weighted by Crippen LogP contribution is -2.26. The summed E-state index contributed by atoms with van der Waals surface area (Å²) in [4.78, 5) is 13.8. The number of carbonyl (C=O) groups excluding carboxylic acids is 1. The largest absolute Gasteiger partial charge is 0.399 e. The average molecular weight is 231 g/mol. The SMILES string of the molecule is CC#CCNC(=O)c1cc(N)ccc1N(C)C. The molecule has 1 amide bonds. The van der Waals surface area contributed by atoms with E-state index in [4.69, 9.17) is 5.73 Å². The lowest BCUT2D eigenvalue weighted by Gasteiger charge is -2.17. The number of hydrogen-bond acceptors (Lipinski definition) is 3. The third-order valence-corrected chi connectivity index (χ3v) is 2.26. The number of nitrogen functional groups attached to an aromatic ring is 1. The molecule has 1 rings (SSSR count). The molecule has 17 heavy (non-hydrogen) atoms. The van der Waals surface area contributed by atoms with Crippen LogP contribution in [0, 0.1) is 11.8 Å². The molecule has 4 heteroatoms. The van der Waals surface area contributed by atoms with Gasteiger partial charge in [0.25, 0.3) is 5.91 Å². The molecule has 1 aromatic carbocycles. The minimum absolute atomic E-state index is 0.163. The summed E-state index contributed by atoms with van der Waals surface area (Å²) in [6.45, 7) is 2.08. The molecule has 4 nitrogen and oxygen atoms in total. The van der Waals surface area contributed by atoms with E-state index in [1.165, 1.54) is 0 Å². The number of benzene rings is 1. The van der Waals surface area contributed by atoms with E-state index in [9.17, 15) is 4.79 Å². The zero-order valence-electron chi connectivity index (χ0n) is 10.4. The molecule has 0 saturated carbocycles. The molecule has 0 atom stereocenters. The Morgan fingerprint density at radius 3 is 2.76 bits per heavy atom. The Balaban J connectivity index is 2.96. The van der Waals surface area contributed by atoms with Crippen LogP contribution in [0.25, 0.3) is 0 Å². The second kappa shape index (κ2) is 5.80. The number of carbonyl (C=O) groups is 1. The van der Waals surface area contributed by atoms with Crippen molar-refractivity contribution in [2.45, 2.75) is 6.92 Å². The van der Waals surface area contributed by atoms with Crippen LogP contribution >= 0.6 is 0 Å². The molecule has 0 saturated heterocycles. The van der Waals surface area contributed by atoms with Gasteiger partial charge in [0.05, 0.1) is 12.1 Å². The average Bonchev–Trinajstić information content (AvgIpc) is 2.28. The lowest BCUT2D eigenvalue weighted by molar-refractivity contribution is 0.0959. The van der Waals surface area contributed by atoms with Crippen molar-refractivity contribution in [3.63, 3.8) is 0 Å². The zero-order chi connectivity index (χ0) is 12.8. The van der Waals surface area contributed by atoms with Crippen molar-refractivity contribution >= 4 is 17.3 Å². The standard InChI is InChI=1S/C13H17N3O/c1-4-5-8-15-13(17)11-9-10(14)6-7-12(11)16(2)3/h6-7,9H,8,14H2,1-3H3,(H,15,17). The van der Waals surface area contributed by atoms with Gasteiger partial charge >= 0.3 is 0 Å². The molecule has 0 radical (unpaired) electrons. The molecule has 0 heterocycles. The van der Waals surface area contributed by atoms with Gasteiger partial charge in [-0.2, -0.15) is 0 Å². The Morgan fingerprint density at radius 2 is 2.18 bits per heavy atom. The Hall–Kier alpha value is -2.15. The fourth-order valence-electron chi connectivity index (χ4n) is 1.43. The van der Waals surface area contributed by atoms with Crippen molar-refractivity contribution in [1.82, 2.24) is 5.32 Å². The highest BCUT2D eigenvalue weighted by Gasteiger charge is 2.12. The van der Waals surface area contributed by atoms with Crippen LogP contribution in [0.4, 0.5) is 11.4 Å². The molecule has 1 aromatic rings. The monoisotopic (exact) mass is 231 g/mol. The quantitative estimate of drug-likeness (QED) is 0.604. The number of amides is 1. The second-order valence-corrected chi connectivity index (χ2v) is 3.78. The maximum atomic E-state index is 11.9. The fraction of sp³-hybridized carbons (Fsp3) is 0.308. The van der Waals surface area contributed by atoms with Crippen LogP contribution in [0.2, 0.25) is 0 Å². The number of nitrogens with two attached hydrogens (primary N) is 1. The molecule has 0 unspecified atom stereocenters. The van der Waals surface area contributed by atoms with Crippen LogP contribution in [0.3, 0.4) is 0 Å². The van der Waals surface area contributed by atoms with Crippen molar-refractivity contribution in [2.24, 2.45) is 0 Å².